The van der Waals surface area contributed by atoms with Crippen LogP contribution in [0.15, 0.2) is 47.0 Å². The Hall–Kier alpha value is -1.91. The molecule has 0 bridgehead atoms. The van der Waals surface area contributed by atoms with Crippen molar-refractivity contribution >= 4 is 29.0 Å². The molecule has 0 saturated carbocycles. The summed E-state index contributed by atoms with van der Waals surface area (Å²) in [5.41, 5.74) is 0.926. The highest BCUT2D eigenvalue weighted by atomic mass is 35.5. The molecule has 0 saturated heterocycles. The number of hydrogen-bond donors (Lipinski definition) is 1. The van der Waals surface area contributed by atoms with E-state index in [-0.39, 0.29) is 0 Å². The third-order valence-corrected chi connectivity index (χ3v) is 4.17. The average Bonchev–Trinajstić information content (AvgIpc) is 3.11. The van der Waals surface area contributed by atoms with Crippen LogP contribution in [0.4, 0.5) is 5.82 Å². The predicted molar refractivity (Wildman–Crippen MR) is 88.6 cm³/mol. The Morgan fingerprint density at radius 1 is 1.18 bits per heavy atom. The summed E-state index contributed by atoms with van der Waals surface area (Å²) in [6, 6.07) is 11.4. The second kappa shape index (κ2) is 6.46. The van der Waals surface area contributed by atoms with E-state index in [9.17, 15) is 0 Å². The van der Waals surface area contributed by atoms with E-state index in [2.05, 4.69) is 10.4 Å². The minimum Gasteiger partial charge on any atom is -0.465 e. The van der Waals surface area contributed by atoms with E-state index in [1.54, 1.807) is 12.3 Å². The van der Waals surface area contributed by atoms with Gasteiger partial charge in [0.2, 0.25) is 0 Å². The van der Waals surface area contributed by atoms with Gasteiger partial charge in [0, 0.05) is 6.07 Å². The highest BCUT2D eigenvalue weighted by Crippen LogP contribution is 2.26. The van der Waals surface area contributed by atoms with Crippen molar-refractivity contribution in [2.75, 3.05) is 5.32 Å². The third-order valence-electron chi connectivity index (χ3n) is 3.31. The number of aryl methyl sites for hydroxylation is 1. The van der Waals surface area contributed by atoms with E-state index in [0.717, 1.165) is 22.9 Å². The van der Waals surface area contributed by atoms with E-state index in [1.807, 2.05) is 41.9 Å². The first kappa shape index (κ1) is 15.0. The normalized spacial score (nSPS) is 10.9. The number of aromatic nitrogens is 2. The molecule has 0 atom stereocenters. The summed E-state index contributed by atoms with van der Waals surface area (Å²) in [5, 5.41) is 8.74. The molecule has 1 aromatic carbocycles. The molecule has 3 rings (SSSR count). The number of halogens is 2. The van der Waals surface area contributed by atoms with Crippen molar-refractivity contribution in [2.24, 2.45) is 0 Å². The molecule has 3 aromatic rings. The maximum atomic E-state index is 6.23. The Bertz CT molecular complexity index is 779. The minimum atomic E-state index is 0.548. The molecule has 2 heterocycles. The van der Waals surface area contributed by atoms with Crippen LogP contribution in [-0.4, -0.2) is 9.78 Å². The van der Waals surface area contributed by atoms with Gasteiger partial charge >= 0.3 is 0 Å². The lowest BCUT2D eigenvalue weighted by Gasteiger charge is -2.10. The molecule has 0 aliphatic heterocycles. The standard InChI is InChI=1S/C16H15Cl2N3O/c1-11-5-6-13(22-11)9-19-15-7-8-20-21(15)10-12-3-2-4-14(17)16(12)18/h2-8,19H,9-10H2,1H3. The van der Waals surface area contributed by atoms with Crippen molar-refractivity contribution in [2.45, 2.75) is 20.0 Å². The van der Waals surface area contributed by atoms with Gasteiger partial charge in [0.1, 0.15) is 17.3 Å². The van der Waals surface area contributed by atoms with Crippen molar-refractivity contribution in [3.05, 3.63) is 69.7 Å². The summed E-state index contributed by atoms with van der Waals surface area (Å²) < 4.78 is 7.38. The highest BCUT2D eigenvalue weighted by Gasteiger charge is 2.09. The zero-order valence-electron chi connectivity index (χ0n) is 12.0. The van der Waals surface area contributed by atoms with Crippen molar-refractivity contribution in [3.63, 3.8) is 0 Å². The molecule has 0 fully saturated rings. The van der Waals surface area contributed by atoms with Crippen LogP contribution in [0.2, 0.25) is 10.0 Å². The molecule has 0 unspecified atom stereocenters. The van der Waals surface area contributed by atoms with Crippen LogP contribution in [0.3, 0.4) is 0 Å². The Morgan fingerprint density at radius 2 is 2.05 bits per heavy atom. The van der Waals surface area contributed by atoms with Gasteiger partial charge in [-0.05, 0) is 30.7 Å². The molecule has 114 valence electrons. The van der Waals surface area contributed by atoms with E-state index in [4.69, 9.17) is 27.6 Å². The Balaban J connectivity index is 1.73. The summed E-state index contributed by atoms with van der Waals surface area (Å²) in [4.78, 5) is 0. The SMILES string of the molecule is Cc1ccc(CNc2ccnn2Cc2cccc(Cl)c2Cl)o1. The fourth-order valence-corrected chi connectivity index (χ4v) is 2.58. The van der Waals surface area contributed by atoms with E-state index in [1.165, 1.54) is 0 Å². The monoisotopic (exact) mass is 335 g/mol. The molecule has 0 aliphatic carbocycles. The minimum absolute atomic E-state index is 0.548. The molecule has 0 radical (unpaired) electrons. The summed E-state index contributed by atoms with van der Waals surface area (Å²) in [6.45, 7) is 3.07. The van der Waals surface area contributed by atoms with Gasteiger partial charge in [0.15, 0.2) is 0 Å². The van der Waals surface area contributed by atoms with Gasteiger partial charge in [-0.15, -0.1) is 0 Å². The van der Waals surface area contributed by atoms with Crippen LogP contribution in [0.5, 0.6) is 0 Å². The van der Waals surface area contributed by atoms with Gasteiger partial charge in [-0.3, -0.25) is 0 Å². The lowest BCUT2D eigenvalue weighted by Crippen LogP contribution is -2.09. The quantitative estimate of drug-likeness (QED) is 0.731. The number of nitrogens with one attached hydrogen (secondary N) is 1. The molecule has 0 aliphatic rings. The lowest BCUT2D eigenvalue weighted by atomic mass is 10.2. The summed E-state index contributed by atoms with van der Waals surface area (Å²) in [6.07, 6.45) is 1.74. The Kier molecular flexibility index (Phi) is 4.41. The van der Waals surface area contributed by atoms with Gasteiger partial charge in [-0.2, -0.15) is 5.10 Å². The second-order valence-corrected chi connectivity index (χ2v) is 5.74. The summed E-state index contributed by atoms with van der Waals surface area (Å²) in [7, 11) is 0. The molecule has 22 heavy (non-hydrogen) atoms. The van der Waals surface area contributed by atoms with Gasteiger partial charge in [-0.25, -0.2) is 4.68 Å². The molecule has 0 spiro atoms. The van der Waals surface area contributed by atoms with Crippen LogP contribution < -0.4 is 5.32 Å². The highest BCUT2D eigenvalue weighted by molar-refractivity contribution is 6.42. The largest absolute Gasteiger partial charge is 0.465 e. The number of anilines is 1. The number of nitrogens with zero attached hydrogens (tertiary/aromatic N) is 2. The zero-order valence-corrected chi connectivity index (χ0v) is 13.5. The average molecular weight is 336 g/mol. The number of benzene rings is 1. The van der Waals surface area contributed by atoms with E-state index < -0.39 is 0 Å². The first-order chi connectivity index (χ1) is 10.6. The summed E-state index contributed by atoms with van der Waals surface area (Å²) in [5.74, 6) is 2.67. The fraction of sp³-hybridized carbons (Fsp3) is 0.188. The number of hydrogen-bond acceptors (Lipinski definition) is 3. The molecular weight excluding hydrogens is 321 g/mol. The Morgan fingerprint density at radius 3 is 2.82 bits per heavy atom. The predicted octanol–water partition coefficient (Wildman–Crippen LogP) is 4.75. The topological polar surface area (TPSA) is 43.0 Å². The molecule has 4 nitrogen and oxygen atoms in total. The van der Waals surface area contributed by atoms with Crippen LogP contribution in [0, 0.1) is 6.92 Å². The van der Waals surface area contributed by atoms with Gasteiger partial charge < -0.3 is 9.73 Å². The second-order valence-electron chi connectivity index (χ2n) is 4.95. The van der Waals surface area contributed by atoms with Crippen LogP contribution in [-0.2, 0) is 13.1 Å². The summed E-state index contributed by atoms with van der Waals surface area (Å²) >= 11 is 12.3. The molecule has 0 amide bonds. The first-order valence-electron chi connectivity index (χ1n) is 6.87. The first-order valence-corrected chi connectivity index (χ1v) is 7.63. The van der Waals surface area contributed by atoms with E-state index in [0.29, 0.717) is 23.1 Å². The van der Waals surface area contributed by atoms with Crippen molar-refractivity contribution in [3.8, 4) is 0 Å². The van der Waals surface area contributed by atoms with Gasteiger partial charge in [0.25, 0.3) is 0 Å². The fourth-order valence-electron chi connectivity index (χ4n) is 2.20. The maximum absolute atomic E-state index is 6.23. The van der Waals surface area contributed by atoms with Crippen molar-refractivity contribution in [1.82, 2.24) is 9.78 Å². The van der Waals surface area contributed by atoms with E-state index >= 15 is 0 Å². The smallest absolute Gasteiger partial charge is 0.124 e. The number of rotatable bonds is 5. The molecule has 2 aromatic heterocycles. The van der Waals surface area contributed by atoms with Crippen molar-refractivity contribution < 1.29 is 4.42 Å². The van der Waals surface area contributed by atoms with Gasteiger partial charge in [0.05, 0.1) is 29.3 Å². The number of furan rings is 1. The molecule has 1 N–H and O–H groups in total. The van der Waals surface area contributed by atoms with Crippen LogP contribution >= 0.6 is 23.2 Å². The van der Waals surface area contributed by atoms with Crippen molar-refractivity contribution in [1.29, 1.82) is 0 Å². The van der Waals surface area contributed by atoms with Gasteiger partial charge in [-0.1, -0.05) is 35.3 Å². The maximum Gasteiger partial charge on any atom is 0.124 e. The van der Waals surface area contributed by atoms with Crippen LogP contribution in [0.1, 0.15) is 17.1 Å². The Labute approximate surface area is 138 Å². The van der Waals surface area contributed by atoms with Crippen LogP contribution in [0.25, 0.3) is 0 Å². The third kappa shape index (κ3) is 3.29. The zero-order chi connectivity index (χ0) is 15.5. The lowest BCUT2D eigenvalue weighted by molar-refractivity contribution is 0.489. The molecular formula is C16H15Cl2N3O. The molecule has 6 heteroatoms.